The minimum atomic E-state index is -0.557. The molecule has 0 aliphatic carbocycles. The molecule has 2 aromatic heterocycles. The van der Waals surface area contributed by atoms with Crippen LogP contribution in [0.15, 0.2) is 48.1 Å². The van der Waals surface area contributed by atoms with E-state index in [2.05, 4.69) is 15.3 Å². The van der Waals surface area contributed by atoms with E-state index in [1.807, 2.05) is 17.5 Å². The normalized spacial score (nSPS) is 10.3. The van der Waals surface area contributed by atoms with Crippen LogP contribution in [0.4, 0.5) is 11.5 Å². The Morgan fingerprint density at radius 3 is 2.69 bits per heavy atom. The molecule has 0 saturated heterocycles. The lowest BCUT2D eigenvalue weighted by molar-refractivity contribution is -0.385. The number of para-hydroxylation sites is 2. The third-order valence-corrected chi connectivity index (χ3v) is 4.43. The van der Waals surface area contributed by atoms with E-state index >= 15 is 0 Å². The number of ether oxygens (including phenoxy) is 2. The average molecular weight is 372 g/mol. The van der Waals surface area contributed by atoms with Gasteiger partial charge in [0.05, 0.1) is 12.0 Å². The van der Waals surface area contributed by atoms with Crippen molar-refractivity contribution in [2.24, 2.45) is 0 Å². The first-order chi connectivity index (χ1) is 12.7. The number of nitro groups is 1. The third-order valence-electron chi connectivity index (χ3n) is 3.49. The number of nitrogens with one attached hydrogen (secondary N) is 1. The van der Waals surface area contributed by atoms with Crippen LogP contribution in [0.5, 0.6) is 17.4 Å². The summed E-state index contributed by atoms with van der Waals surface area (Å²) in [5, 5.41) is 16.5. The van der Waals surface area contributed by atoms with Gasteiger partial charge in [-0.15, -0.1) is 11.3 Å². The predicted molar refractivity (Wildman–Crippen MR) is 98.3 cm³/mol. The summed E-state index contributed by atoms with van der Waals surface area (Å²) in [5.74, 6) is 0.758. The summed E-state index contributed by atoms with van der Waals surface area (Å²) in [4.78, 5) is 20.1. The van der Waals surface area contributed by atoms with Crippen molar-refractivity contribution in [3.05, 3.63) is 63.1 Å². The van der Waals surface area contributed by atoms with Gasteiger partial charge >= 0.3 is 11.6 Å². The van der Waals surface area contributed by atoms with E-state index < -0.39 is 4.92 Å². The number of benzene rings is 1. The van der Waals surface area contributed by atoms with Crippen molar-refractivity contribution in [1.82, 2.24) is 9.97 Å². The van der Waals surface area contributed by atoms with Crippen LogP contribution in [0, 0.1) is 10.1 Å². The van der Waals surface area contributed by atoms with Gasteiger partial charge in [-0.1, -0.05) is 18.2 Å². The lowest BCUT2D eigenvalue weighted by atomic mass is 10.3. The molecule has 1 aromatic carbocycles. The van der Waals surface area contributed by atoms with Gasteiger partial charge in [-0.05, 0) is 30.0 Å². The van der Waals surface area contributed by atoms with E-state index in [4.69, 9.17) is 9.47 Å². The number of hydrogen-bond acceptors (Lipinski definition) is 8. The highest BCUT2D eigenvalue weighted by molar-refractivity contribution is 7.09. The van der Waals surface area contributed by atoms with E-state index in [9.17, 15) is 10.1 Å². The number of methoxy groups -OCH3 is 1. The SMILES string of the molecule is COc1ccccc1Oc1ncnc(NCCc2cccs2)c1[N+](=O)[O-]. The van der Waals surface area contributed by atoms with Crippen molar-refractivity contribution < 1.29 is 14.4 Å². The number of hydrogen-bond donors (Lipinski definition) is 1. The Morgan fingerprint density at radius 1 is 1.19 bits per heavy atom. The summed E-state index contributed by atoms with van der Waals surface area (Å²) < 4.78 is 10.8. The summed E-state index contributed by atoms with van der Waals surface area (Å²) in [6.45, 7) is 0.506. The maximum absolute atomic E-state index is 11.6. The zero-order chi connectivity index (χ0) is 18.4. The van der Waals surface area contributed by atoms with Crippen LogP contribution < -0.4 is 14.8 Å². The minimum absolute atomic E-state index is 0.117. The highest BCUT2D eigenvalue weighted by Gasteiger charge is 2.25. The molecule has 0 aliphatic heterocycles. The van der Waals surface area contributed by atoms with Crippen LogP contribution in [0.2, 0.25) is 0 Å². The molecule has 26 heavy (non-hydrogen) atoms. The van der Waals surface area contributed by atoms with Crippen molar-refractivity contribution in [3.63, 3.8) is 0 Å². The molecule has 0 spiro atoms. The molecule has 0 unspecified atom stereocenters. The molecule has 9 heteroatoms. The van der Waals surface area contributed by atoms with Gasteiger partial charge in [0, 0.05) is 11.4 Å². The maximum Gasteiger partial charge on any atom is 0.373 e. The van der Waals surface area contributed by atoms with Crippen molar-refractivity contribution in [2.45, 2.75) is 6.42 Å². The fourth-order valence-electron chi connectivity index (χ4n) is 2.30. The summed E-state index contributed by atoms with van der Waals surface area (Å²) in [7, 11) is 1.49. The summed E-state index contributed by atoms with van der Waals surface area (Å²) in [6.07, 6.45) is 1.97. The largest absolute Gasteiger partial charge is 0.493 e. The van der Waals surface area contributed by atoms with E-state index in [0.717, 1.165) is 6.42 Å². The molecule has 0 fully saturated rings. The molecule has 0 radical (unpaired) electrons. The second-order valence-corrected chi connectivity index (χ2v) is 6.17. The molecule has 2 heterocycles. The first-order valence-electron chi connectivity index (χ1n) is 7.75. The quantitative estimate of drug-likeness (QED) is 0.473. The molecule has 0 amide bonds. The van der Waals surface area contributed by atoms with E-state index in [0.29, 0.717) is 18.0 Å². The standard InChI is InChI=1S/C17H16N4O4S/c1-24-13-6-2-3-7-14(13)25-17-15(21(22)23)16(19-11-20-17)18-9-8-12-5-4-10-26-12/h2-7,10-11H,8-9H2,1H3,(H,18,19,20). The van der Waals surface area contributed by atoms with E-state index in [1.54, 1.807) is 35.6 Å². The molecule has 1 N–H and O–H groups in total. The van der Waals surface area contributed by atoms with Crippen molar-refractivity contribution >= 4 is 22.8 Å². The molecule has 0 atom stereocenters. The zero-order valence-corrected chi connectivity index (χ0v) is 14.7. The van der Waals surface area contributed by atoms with Crippen molar-refractivity contribution in [1.29, 1.82) is 0 Å². The maximum atomic E-state index is 11.6. The summed E-state index contributed by atoms with van der Waals surface area (Å²) in [6, 6.07) is 10.8. The predicted octanol–water partition coefficient (Wildman–Crippen LogP) is 3.90. The number of anilines is 1. The lowest BCUT2D eigenvalue weighted by Crippen LogP contribution is -2.09. The van der Waals surface area contributed by atoms with Crippen LogP contribution in [0.25, 0.3) is 0 Å². The third kappa shape index (κ3) is 4.06. The Bertz CT molecular complexity index is 886. The molecule has 8 nitrogen and oxygen atoms in total. The molecule has 0 aliphatic rings. The van der Waals surface area contributed by atoms with Crippen molar-refractivity contribution in [3.8, 4) is 17.4 Å². The monoisotopic (exact) mass is 372 g/mol. The topological polar surface area (TPSA) is 99.4 Å². The van der Waals surface area contributed by atoms with Crippen LogP contribution in [0.1, 0.15) is 4.88 Å². The second-order valence-electron chi connectivity index (χ2n) is 5.14. The highest BCUT2D eigenvalue weighted by atomic mass is 32.1. The van der Waals surface area contributed by atoms with Crippen LogP contribution >= 0.6 is 11.3 Å². The van der Waals surface area contributed by atoms with Gasteiger partial charge in [-0.3, -0.25) is 10.1 Å². The number of rotatable bonds is 8. The van der Waals surface area contributed by atoms with Crippen LogP contribution in [-0.4, -0.2) is 28.5 Å². The van der Waals surface area contributed by atoms with Gasteiger partial charge in [0.1, 0.15) is 6.33 Å². The Hall–Kier alpha value is -3.20. The van der Waals surface area contributed by atoms with Gasteiger partial charge < -0.3 is 14.8 Å². The fourth-order valence-corrected chi connectivity index (χ4v) is 3.01. The highest BCUT2D eigenvalue weighted by Crippen LogP contribution is 2.37. The van der Waals surface area contributed by atoms with Gasteiger partial charge in [0.15, 0.2) is 11.5 Å². The van der Waals surface area contributed by atoms with Crippen LogP contribution in [-0.2, 0) is 6.42 Å². The first-order valence-corrected chi connectivity index (χ1v) is 8.63. The van der Waals surface area contributed by atoms with Crippen LogP contribution in [0.3, 0.4) is 0 Å². The van der Waals surface area contributed by atoms with Gasteiger partial charge in [0.25, 0.3) is 0 Å². The number of nitrogens with zero attached hydrogens (tertiary/aromatic N) is 3. The van der Waals surface area contributed by atoms with E-state index in [-0.39, 0.29) is 17.4 Å². The molecule has 3 rings (SSSR count). The average Bonchev–Trinajstić information content (AvgIpc) is 3.15. The molecule has 134 valence electrons. The number of aromatic nitrogens is 2. The van der Waals surface area contributed by atoms with Crippen molar-refractivity contribution in [2.75, 3.05) is 19.0 Å². The molecule has 0 bridgehead atoms. The van der Waals surface area contributed by atoms with Gasteiger partial charge in [-0.25, -0.2) is 4.98 Å². The Labute approximate surface area is 153 Å². The smallest absolute Gasteiger partial charge is 0.373 e. The zero-order valence-electron chi connectivity index (χ0n) is 13.9. The summed E-state index contributed by atoms with van der Waals surface area (Å²) in [5.41, 5.74) is -0.315. The number of thiophene rings is 1. The Kier molecular flexibility index (Phi) is 5.59. The van der Waals surface area contributed by atoms with E-state index in [1.165, 1.54) is 18.3 Å². The molecule has 3 aromatic rings. The van der Waals surface area contributed by atoms with Gasteiger partial charge in [0.2, 0.25) is 5.82 Å². The molecular weight excluding hydrogens is 356 g/mol. The summed E-state index contributed by atoms with van der Waals surface area (Å²) >= 11 is 1.63. The lowest BCUT2D eigenvalue weighted by Gasteiger charge is -2.11. The molecular formula is C17H16N4O4S. The Balaban J connectivity index is 1.82. The Morgan fingerprint density at radius 2 is 2.00 bits per heavy atom. The molecule has 0 saturated carbocycles. The first kappa shape index (κ1) is 17.6. The minimum Gasteiger partial charge on any atom is -0.493 e. The van der Waals surface area contributed by atoms with Gasteiger partial charge in [-0.2, -0.15) is 4.98 Å². The fraction of sp³-hybridized carbons (Fsp3) is 0.176. The second kappa shape index (κ2) is 8.26.